The Hall–Kier alpha value is -3.83. The van der Waals surface area contributed by atoms with Crippen LogP contribution in [0.1, 0.15) is 6.42 Å². The molecule has 0 spiro atoms. The second-order valence-corrected chi connectivity index (χ2v) is 14.1. The predicted molar refractivity (Wildman–Crippen MR) is 192 cm³/mol. The van der Waals surface area contributed by atoms with Crippen molar-refractivity contribution in [2.75, 3.05) is 0 Å². The van der Waals surface area contributed by atoms with E-state index in [2.05, 4.69) is 194 Å². The summed E-state index contributed by atoms with van der Waals surface area (Å²) in [5, 5.41) is 8.39. The quantitative estimate of drug-likeness (QED) is 0.126. The van der Waals surface area contributed by atoms with E-state index >= 15 is 0 Å². The standard InChI is InChI=1S/2C18H15P.C5H5.Co/c2*1-4-10-16(11-5-1)19(17-12-6-2-7-13-17)18-14-8-3-9-15-18;1-2-4-5-3-1;/h2*1-15H;1-3H,4H2;/q;;-1;. The molecule has 0 unspecified atom stereocenters. The zero-order chi connectivity index (χ0) is 29.4. The second-order valence-electron chi connectivity index (χ2n) is 9.69. The van der Waals surface area contributed by atoms with E-state index in [1.807, 2.05) is 12.2 Å². The Kier molecular flexibility index (Phi) is 14.1. The molecular formula is C41H35CoP2-. The molecule has 3 heteroatoms. The molecule has 0 amide bonds. The zero-order valence-corrected chi connectivity index (χ0v) is 27.3. The van der Waals surface area contributed by atoms with E-state index in [1.165, 1.54) is 31.8 Å². The molecule has 0 atom stereocenters. The van der Waals surface area contributed by atoms with Gasteiger partial charge in [0, 0.05) is 16.8 Å². The van der Waals surface area contributed by atoms with Gasteiger partial charge >= 0.3 is 0 Å². The van der Waals surface area contributed by atoms with Gasteiger partial charge in [0.2, 0.25) is 0 Å². The summed E-state index contributed by atoms with van der Waals surface area (Å²) in [4.78, 5) is 0. The summed E-state index contributed by atoms with van der Waals surface area (Å²) < 4.78 is 0. The van der Waals surface area contributed by atoms with Gasteiger partial charge in [-0.2, -0.15) is 6.08 Å². The van der Waals surface area contributed by atoms with Crippen LogP contribution in [0.2, 0.25) is 0 Å². The minimum Gasteiger partial charge on any atom is -0.273 e. The average Bonchev–Trinajstić information content (AvgIpc) is 3.69. The van der Waals surface area contributed by atoms with Crippen LogP contribution in [0.25, 0.3) is 0 Å². The molecule has 1 radical (unpaired) electrons. The van der Waals surface area contributed by atoms with Gasteiger partial charge in [-0.3, -0.25) is 6.08 Å². The molecule has 0 fully saturated rings. The molecule has 7 rings (SSSR count). The van der Waals surface area contributed by atoms with Gasteiger partial charge in [-0.25, -0.2) is 12.2 Å². The van der Waals surface area contributed by atoms with Crippen LogP contribution < -0.4 is 31.8 Å². The van der Waals surface area contributed by atoms with E-state index in [0.29, 0.717) is 0 Å². The smallest absolute Gasteiger partial charge is 0 e. The molecule has 0 heterocycles. The Balaban J connectivity index is 0.000000170. The summed E-state index contributed by atoms with van der Waals surface area (Å²) in [6, 6.07) is 64.7. The minimum absolute atomic E-state index is 0. The Bertz CT molecular complexity index is 1340. The largest absolute Gasteiger partial charge is 0.273 e. The number of benzene rings is 6. The Labute approximate surface area is 275 Å². The van der Waals surface area contributed by atoms with Gasteiger partial charge in [-0.15, -0.1) is 6.42 Å². The second kappa shape index (κ2) is 18.7. The van der Waals surface area contributed by atoms with Crippen molar-refractivity contribution in [1.82, 2.24) is 0 Å². The molecule has 0 N–H and O–H groups in total. The van der Waals surface area contributed by atoms with Crippen LogP contribution >= 0.6 is 15.8 Å². The van der Waals surface area contributed by atoms with Gasteiger partial charge in [-0.05, 0) is 47.7 Å². The van der Waals surface area contributed by atoms with Crippen molar-refractivity contribution in [3.63, 3.8) is 0 Å². The van der Waals surface area contributed by atoms with Gasteiger partial charge in [0.1, 0.15) is 0 Å². The number of hydrogen-bond acceptors (Lipinski definition) is 0. The van der Waals surface area contributed by atoms with Crippen LogP contribution in [-0.4, -0.2) is 0 Å². The SMILES string of the molecule is [C-]1=CC=CC1.[Co].c1ccc(P(c2ccccc2)c2ccccc2)cc1.c1ccc(P(c2ccccc2)c2ccccc2)cc1. The first-order valence-corrected chi connectivity index (χ1v) is 17.2. The van der Waals surface area contributed by atoms with Gasteiger partial charge in [-0.1, -0.05) is 182 Å². The third-order valence-electron chi connectivity index (χ3n) is 6.67. The molecule has 1 aliphatic rings. The molecule has 0 bridgehead atoms. The molecule has 0 nitrogen and oxygen atoms in total. The molecule has 6 aromatic carbocycles. The first-order valence-electron chi connectivity index (χ1n) is 14.5. The van der Waals surface area contributed by atoms with E-state index in [4.69, 9.17) is 0 Å². The normalized spacial score (nSPS) is 11.1. The molecule has 0 aliphatic heterocycles. The average molecular weight is 649 g/mol. The Morgan fingerprint density at radius 1 is 0.341 bits per heavy atom. The molecule has 0 saturated heterocycles. The van der Waals surface area contributed by atoms with E-state index in [9.17, 15) is 0 Å². The first kappa shape index (κ1) is 33.1. The third-order valence-corrected chi connectivity index (χ3v) is 11.6. The summed E-state index contributed by atoms with van der Waals surface area (Å²) in [7, 11) is -0.892. The van der Waals surface area contributed by atoms with Crippen LogP contribution in [0.4, 0.5) is 0 Å². The van der Waals surface area contributed by atoms with Gasteiger partial charge in [0.05, 0.1) is 0 Å². The predicted octanol–water partition coefficient (Wildman–Crippen LogP) is 8.19. The summed E-state index contributed by atoms with van der Waals surface area (Å²) in [6.07, 6.45) is 10.0. The number of allylic oxidation sites excluding steroid dienone is 4. The molecular weight excluding hydrogens is 613 g/mol. The fourth-order valence-electron chi connectivity index (χ4n) is 4.70. The summed E-state index contributed by atoms with van der Waals surface area (Å²) in [5.74, 6) is 0. The number of hydrogen-bond donors (Lipinski definition) is 0. The Morgan fingerprint density at radius 2 is 0.568 bits per heavy atom. The summed E-state index contributed by atoms with van der Waals surface area (Å²) >= 11 is 0. The summed E-state index contributed by atoms with van der Waals surface area (Å²) in [6.45, 7) is 0. The molecule has 44 heavy (non-hydrogen) atoms. The molecule has 219 valence electrons. The van der Waals surface area contributed by atoms with E-state index in [0.717, 1.165) is 6.42 Å². The summed E-state index contributed by atoms with van der Waals surface area (Å²) in [5.41, 5.74) is 0. The Morgan fingerprint density at radius 3 is 0.705 bits per heavy atom. The van der Waals surface area contributed by atoms with Crippen molar-refractivity contribution < 1.29 is 16.8 Å². The third kappa shape index (κ3) is 9.85. The molecule has 1 aliphatic carbocycles. The molecule has 6 aromatic rings. The zero-order valence-electron chi connectivity index (χ0n) is 24.5. The van der Waals surface area contributed by atoms with Gasteiger partial charge in [0.25, 0.3) is 0 Å². The fraction of sp³-hybridized carbons (Fsp3) is 0.0244. The number of rotatable bonds is 6. The van der Waals surface area contributed by atoms with Crippen molar-refractivity contribution >= 4 is 47.7 Å². The maximum absolute atomic E-state index is 2.99. The van der Waals surface area contributed by atoms with Crippen molar-refractivity contribution in [2.45, 2.75) is 6.42 Å². The van der Waals surface area contributed by atoms with E-state index in [1.54, 1.807) is 0 Å². The topological polar surface area (TPSA) is 0 Å². The maximum atomic E-state index is 2.99. The molecule has 0 aromatic heterocycles. The van der Waals surface area contributed by atoms with Gasteiger partial charge < -0.3 is 0 Å². The van der Waals surface area contributed by atoms with E-state index < -0.39 is 15.8 Å². The van der Waals surface area contributed by atoms with Crippen molar-refractivity contribution in [1.29, 1.82) is 0 Å². The first-order chi connectivity index (χ1) is 21.4. The van der Waals surface area contributed by atoms with Crippen LogP contribution in [0.3, 0.4) is 0 Å². The minimum atomic E-state index is -0.446. The van der Waals surface area contributed by atoms with Crippen LogP contribution in [0.15, 0.2) is 200 Å². The van der Waals surface area contributed by atoms with Gasteiger partial charge in [0.15, 0.2) is 0 Å². The monoisotopic (exact) mass is 648 g/mol. The van der Waals surface area contributed by atoms with E-state index in [-0.39, 0.29) is 16.8 Å². The van der Waals surface area contributed by atoms with Crippen molar-refractivity contribution in [3.05, 3.63) is 206 Å². The van der Waals surface area contributed by atoms with Crippen molar-refractivity contribution in [2.24, 2.45) is 0 Å². The fourth-order valence-corrected chi connectivity index (χ4v) is 9.31. The van der Waals surface area contributed by atoms with Crippen molar-refractivity contribution in [3.8, 4) is 0 Å². The van der Waals surface area contributed by atoms with Crippen LogP contribution in [0, 0.1) is 6.08 Å². The molecule has 0 saturated carbocycles. The maximum Gasteiger partial charge on any atom is 0 e. The van der Waals surface area contributed by atoms with Crippen LogP contribution in [-0.2, 0) is 16.8 Å². The van der Waals surface area contributed by atoms with Crippen LogP contribution in [0.5, 0.6) is 0 Å².